The van der Waals surface area contributed by atoms with Crippen LogP contribution in [-0.2, 0) is 6.54 Å². The molecule has 0 saturated carbocycles. The first-order valence-corrected chi connectivity index (χ1v) is 5.91. The lowest BCUT2D eigenvalue weighted by atomic mass is 10.1. The van der Waals surface area contributed by atoms with Gasteiger partial charge in [0.1, 0.15) is 0 Å². The third kappa shape index (κ3) is 2.56. The lowest BCUT2D eigenvalue weighted by Gasteiger charge is -2.06. The van der Waals surface area contributed by atoms with Gasteiger partial charge in [-0.3, -0.25) is 5.10 Å². The molecule has 0 spiro atoms. The van der Waals surface area contributed by atoms with Gasteiger partial charge in [-0.15, -0.1) is 0 Å². The van der Waals surface area contributed by atoms with Crippen molar-refractivity contribution in [3.63, 3.8) is 0 Å². The lowest BCUT2D eigenvalue weighted by molar-refractivity contribution is 0.510. The summed E-state index contributed by atoms with van der Waals surface area (Å²) < 4.78 is 26.9. The van der Waals surface area contributed by atoms with Gasteiger partial charge < -0.3 is 5.32 Å². The number of benzene rings is 1. The first-order chi connectivity index (χ1) is 8.74. The minimum atomic E-state index is -0.852. The van der Waals surface area contributed by atoms with Gasteiger partial charge in [0.05, 0.1) is 11.9 Å². The van der Waals surface area contributed by atoms with Crippen molar-refractivity contribution in [1.82, 2.24) is 15.5 Å². The molecule has 0 amide bonds. The summed E-state index contributed by atoms with van der Waals surface area (Å²) in [5.41, 5.74) is 1.56. The predicted octanol–water partition coefficient (Wildman–Crippen LogP) is 2.85. The summed E-state index contributed by atoms with van der Waals surface area (Å²) in [5, 5.41) is 9.82. The van der Waals surface area contributed by atoms with Crippen LogP contribution >= 0.6 is 0 Å². The smallest absolute Gasteiger partial charge is 0.168 e. The van der Waals surface area contributed by atoms with Gasteiger partial charge in [0.15, 0.2) is 11.6 Å². The zero-order valence-corrected chi connectivity index (χ0v) is 10.1. The van der Waals surface area contributed by atoms with E-state index in [1.165, 1.54) is 12.1 Å². The van der Waals surface area contributed by atoms with Gasteiger partial charge in [-0.25, -0.2) is 8.78 Å². The highest BCUT2D eigenvalue weighted by atomic mass is 19.2. The Bertz CT molecular complexity index is 523. The summed E-state index contributed by atoms with van der Waals surface area (Å²) in [6, 6.07) is 4.12. The van der Waals surface area contributed by atoms with Crippen molar-refractivity contribution in [2.24, 2.45) is 0 Å². The SMILES string of the molecule is CCCNCc1cn[nH]c1-c1cccc(F)c1F. The monoisotopic (exact) mass is 251 g/mol. The number of nitrogens with one attached hydrogen (secondary N) is 2. The summed E-state index contributed by atoms with van der Waals surface area (Å²) in [6.45, 7) is 3.52. The van der Waals surface area contributed by atoms with E-state index in [2.05, 4.69) is 22.4 Å². The Labute approximate surface area is 104 Å². The van der Waals surface area contributed by atoms with Gasteiger partial charge >= 0.3 is 0 Å². The molecule has 0 aliphatic carbocycles. The molecule has 3 nitrogen and oxygen atoms in total. The van der Waals surface area contributed by atoms with E-state index < -0.39 is 11.6 Å². The van der Waals surface area contributed by atoms with Crippen molar-refractivity contribution < 1.29 is 8.78 Å². The Morgan fingerprint density at radius 2 is 2.17 bits per heavy atom. The summed E-state index contributed by atoms with van der Waals surface area (Å²) in [7, 11) is 0. The molecule has 2 rings (SSSR count). The normalized spacial score (nSPS) is 10.8. The molecule has 0 atom stereocenters. The van der Waals surface area contributed by atoms with Crippen LogP contribution in [0.15, 0.2) is 24.4 Å². The average Bonchev–Trinajstić information content (AvgIpc) is 2.81. The number of aromatic amines is 1. The molecule has 1 aromatic carbocycles. The van der Waals surface area contributed by atoms with Gasteiger partial charge in [-0.1, -0.05) is 13.0 Å². The zero-order chi connectivity index (χ0) is 13.0. The lowest BCUT2D eigenvalue weighted by Crippen LogP contribution is -2.14. The van der Waals surface area contributed by atoms with Crippen LogP contribution in [0.4, 0.5) is 8.78 Å². The molecule has 0 aliphatic rings. The van der Waals surface area contributed by atoms with Crippen molar-refractivity contribution in [3.05, 3.63) is 41.6 Å². The molecule has 0 fully saturated rings. The Hall–Kier alpha value is -1.75. The van der Waals surface area contributed by atoms with Crippen molar-refractivity contribution in [3.8, 4) is 11.3 Å². The topological polar surface area (TPSA) is 40.7 Å². The molecule has 0 bridgehead atoms. The fraction of sp³-hybridized carbons (Fsp3) is 0.308. The van der Waals surface area contributed by atoms with Crippen LogP contribution in [0.25, 0.3) is 11.3 Å². The predicted molar refractivity (Wildman–Crippen MR) is 65.9 cm³/mol. The van der Waals surface area contributed by atoms with Crippen LogP contribution < -0.4 is 5.32 Å². The van der Waals surface area contributed by atoms with Gasteiger partial charge in [0, 0.05) is 17.7 Å². The third-order valence-corrected chi connectivity index (χ3v) is 2.68. The standard InChI is InChI=1S/C13H15F2N3/c1-2-6-16-7-9-8-17-18-13(9)10-4-3-5-11(14)12(10)15/h3-5,8,16H,2,6-7H2,1H3,(H,17,18). The second kappa shape index (κ2) is 5.73. The molecule has 96 valence electrons. The number of aromatic nitrogens is 2. The molecular formula is C13H15F2N3. The number of hydrogen-bond acceptors (Lipinski definition) is 2. The molecule has 0 unspecified atom stereocenters. The van der Waals surface area contributed by atoms with E-state index in [-0.39, 0.29) is 5.56 Å². The number of hydrogen-bond donors (Lipinski definition) is 2. The van der Waals surface area contributed by atoms with E-state index in [1.54, 1.807) is 6.20 Å². The quantitative estimate of drug-likeness (QED) is 0.802. The van der Waals surface area contributed by atoms with Crippen LogP contribution in [0, 0.1) is 11.6 Å². The van der Waals surface area contributed by atoms with E-state index in [1.807, 2.05) is 0 Å². The molecular weight excluding hydrogens is 236 g/mol. The first kappa shape index (κ1) is 12.7. The number of H-pyrrole nitrogens is 1. The van der Waals surface area contributed by atoms with E-state index in [4.69, 9.17) is 0 Å². The maximum atomic E-state index is 13.7. The Morgan fingerprint density at radius 1 is 1.33 bits per heavy atom. The molecule has 5 heteroatoms. The number of nitrogens with zero attached hydrogens (tertiary/aromatic N) is 1. The summed E-state index contributed by atoms with van der Waals surface area (Å²) in [6.07, 6.45) is 2.64. The summed E-state index contributed by atoms with van der Waals surface area (Å²) in [5.74, 6) is -1.70. The molecule has 1 heterocycles. The van der Waals surface area contributed by atoms with Crippen LogP contribution in [-0.4, -0.2) is 16.7 Å². The van der Waals surface area contributed by atoms with Crippen LogP contribution in [0.2, 0.25) is 0 Å². The van der Waals surface area contributed by atoms with E-state index in [0.717, 1.165) is 24.6 Å². The van der Waals surface area contributed by atoms with Gasteiger partial charge in [0.25, 0.3) is 0 Å². The van der Waals surface area contributed by atoms with Crippen LogP contribution in [0.3, 0.4) is 0 Å². The molecule has 0 saturated heterocycles. The maximum absolute atomic E-state index is 13.7. The first-order valence-electron chi connectivity index (χ1n) is 5.91. The minimum absolute atomic E-state index is 0.209. The highest BCUT2D eigenvalue weighted by Crippen LogP contribution is 2.25. The molecule has 18 heavy (non-hydrogen) atoms. The molecule has 2 aromatic rings. The van der Waals surface area contributed by atoms with Crippen molar-refractivity contribution in [2.75, 3.05) is 6.54 Å². The molecule has 0 aliphatic heterocycles. The average molecular weight is 251 g/mol. The highest BCUT2D eigenvalue weighted by molar-refractivity contribution is 5.63. The fourth-order valence-corrected chi connectivity index (χ4v) is 1.78. The number of rotatable bonds is 5. The van der Waals surface area contributed by atoms with E-state index in [0.29, 0.717) is 12.2 Å². The Kier molecular flexibility index (Phi) is 4.04. The van der Waals surface area contributed by atoms with Gasteiger partial charge in [-0.05, 0) is 25.1 Å². The summed E-state index contributed by atoms with van der Waals surface area (Å²) in [4.78, 5) is 0. The fourth-order valence-electron chi connectivity index (χ4n) is 1.78. The molecule has 1 aromatic heterocycles. The second-order valence-electron chi connectivity index (χ2n) is 4.05. The van der Waals surface area contributed by atoms with Gasteiger partial charge in [0.2, 0.25) is 0 Å². The largest absolute Gasteiger partial charge is 0.313 e. The maximum Gasteiger partial charge on any atom is 0.168 e. The van der Waals surface area contributed by atoms with Crippen LogP contribution in [0.1, 0.15) is 18.9 Å². The van der Waals surface area contributed by atoms with E-state index in [9.17, 15) is 8.78 Å². The van der Waals surface area contributed by atoms with Crippen molar-refractivity contribution in [1.29, 1.82) is 0 Å². The minimum Gasteiger partial charge on any atom is -0.313 e. The van der Waals surface area contributed by atoms with Crippen molar-refractivity contribution in [2.45, 2.75) is 19.9 Å². The van der Waals surface area contributed by atoms with Crippen LogP contribution in [0.5, 0.6) is 0 Å². The third-order valence-electron chi connectivity index (χ3n) is 2.68. The zero-order valence-electron chi connectivity index (χ0n) is 10.1. The highest BCUT2D eigenvalue weighted by Gasteiger charge is 2.14. The molecule has 0 radical (unpaired) electrons. The van der Waals surface area contributed by atoms with Gasteiger partial charge in [-0.2, -0.15) is 5.10 Å². The Morgan fingerprint density at radius 3 is 2.94 bits per heavy atom. The number of halogens is 2. The summed E-state index contributed by atoms with van der Waals surface area (Å²) >= 11 is 0. The van der Waals surface area contributed by atoms with Crippen molar-refractivity contribution >= 4 is 0 Å². The Balaban J connectivity index is 2.28. The molecule has 2 N–H and O–H groups in total. The second-order valence-corrected chi connectivity index (χ2v) is 4.05. The van der Waals surface area contributed by atoms with E-state index >= 15 is 0 Å².